The van der Waals surface area contributed by atoms with Crippen LogP contribution in [0.3, 0.4) is 0 Å². The van der Waals surface area contributed by atoms with Crippen molar-refractivity contribution in [2.24, 2.45) is 5.92 Å². The van der Waals surface area contributed by atoms with E-state index in [4.69, 9.17) is 9.84 Å². The zero-order chi connectivity index (χ0) is 8.81. The average Bonchev–Trinajstić information content (AvgIpc) is 2.15. The number of ether oxygens (including phenoxy) is 1. The Morgan fingerprint density at radius 2 is 2.08 bits per heavy atom. The molecule has 0 aliphatic heterocycles. The lowest BCUT2D eigenvalue weighted by Gasteiger charge is -2.30. The first kappa shape index (κ1) is 10.0. The van der Waals surface area contributed by atoms with Gasteiger partial charge in [-0.15, -0.1) is 0 Å². The van der Waals surface area contributed by atoms with Gasteiger partial charge in [0.2, 0.25) is 0 Å². The number of hydrogen-bond acceptors (Lipinski definition) is 2. The van der Waals surface area contributed by atoms with Crippen LogP contribution >= 0.6 is 0 Å². The summed E-state index contributed by atoms with van der Waals surface area (Å²) in [6, 6.07) is 0. The summed E-state index contributed by atoms with van der Waals surface area (Å²) >= 11 is 0. The highest BCUT2D eigenvalue weighted by Gasteiger charge is 2.23. The van der Waals surface area contributed by atoms with Crippen molar-refractivity contribution in [3.05, 3.63) is 0 Å². The minimum Gasteiger partial charge on any atom is -0.394 e. The maximum atomic E-state index is 8.63. The highest BCUT2D eigenvalue weighted by atomic mass is 16.5. The molecule has 1 rings (SSSR count). The van der Waals surface area contributed by atoms with Gasteiger partial charge in [-0.3, -0.25) is 0 Å². The van der Waals surface area contributed by atoms with E-state index in [0.717, 1.165) is 5.92 Å². The zero-order valence-corrected chi connectivity index (χ0v) is 7.96. The molecule has 0 aromatic carbocycles. The lowest BCUT2D eigenvalue weighted by Crippen LogP contribution is -2.28. The lowest BCUT2D eigenvalue weighted by atomic mass is 9.85. The van der Waals surface area contributed by atoms with E-state index in [9.17, 15) is 0 Å². The molecular weight excluding hydrogens is 152 g/mol. The third-order valence-corrected chi connectivity index (χ3v) is 2.79. The molecule has 0 heterocycles. The zero-order valence-electron chi connectivity index (χ0n) is 7.96. The molecule has 0 spiro atoms. The van der Waals surface area contributed by atoms with Gasteiger partial charge in [-0.2, -0.15) is 0 Å². The molecule has 1 aliphatic rings. The molecule has 2 nitrogen and oxygen atoms in total. The van der Waals surface area contributed by atoms with Gasteiger partial charge in [-0.25, -0.2) is 0 Å². The summed E-state index contributed by atoms with van der Waals surface area (Å²) in [6.07, 6.45) is 6.81. The highest BCUT2D eigenvalue weighted by molar-refractivity contribution is 4.74. The fourth-order valence-corrected chi connectivity index (χ4v) is 2.06. The van der Waals surface area contributed by atoms with Gasteiger partial charge in [0.15, 0.2) is 0 Å². The Balaban J connectivity index is 2.26. The minimum atomic E-state index is 0.160. The summed E-state index contributed by atoms with van der Waals surface area (Å²) in [4.78, 5) is 0. The first-order valence-corrected chi connectivity index (χ1v) is 5.11. The standard InChI is InChI=1S/C10H20O2/c1-2-9-5-3-4-6-10(9)12-8-7-11/h9-11H,2-8H2,1H3/t9-,10+/m1/s1. The third kappa shape index (κ3) is 2.76. The van der Waals surface area contributed by atoms with E-state index in [1.165, 1.54) is 32.1 Å². The summed E-state index contributed by atoms with van der Waals surface area (Å²) in [5, 5.41) is 8.63. The van der Waals surface area contributed by atoms with Gasteiger partial charge in [-0.1, -0.05) is 26.2 Å². The first-order valence-electron chi connectivity index (χ1n) is 5.11. The Kier molecular flexibility index (Phi) is 4.62. The van der Waals surface area contributed by atoms with Gasteiger partial charge in [0.1, 0.15) is 0 Å². The monoisotopic (exact) mass is 172 g/mol. The molecule has 0 amide bonds. The highest BCUT2D eigenvalue weighted by Crippen LogP contribution is 2.28. The van der Waals surface area contributed by atoms with E-state index in [-0.39, 0.29) is 6.61 Å². The van der Waals surface area contributed by atoms with Crippen LogP contribution in [0.5, 0.6) is 0 Å². The molecule has 0 unspecified atom stereocenters. The molecule has 1 saturated carbocycles. The van der Waals surface area contributed by atoms with E-state index in [2.05, 4.69) is 6.92 Å². The van der Waals surface area contributed by atoms with Crippen molar-refractivity contribution in [1.29, 1.82) is 0 Å². The van der Waals surface area contributed by atoms with Gasteiger partial charge >= 0.3 is 0 Å². The number of aliphatic hydroxyl groups is 1. The van der Waals surface area contributed by atoms with Crippen LogP contribution in [0.1, 0.15) is 39.0 Å². The Morgan fingerprint density at radius 1 is 1.33 bits per heavy atom. The molecule has 0 bridgehead atoms. The van der Waals surface area contributed by atoms with Crippen molar-refractivity contribution >= 4 is 0 Å². The smallest absolute Gasteiger partial charge is 0.0701 e. The average molecular weight is 172 g/mol. The van der Waals surface area contributed by atoms with Crippen molar-refractivity contribution < 1.29 is 9.84 Å². The Labute approximate surface area is 74.9 Å². The third-order valence-electron chi connectivity index (χ3n) is 2.79. The topological polar surface area (TPSA) is 29.5 Å². The largest absolute Gasteiger partial charge is 0.394 e. The van der Waals surface area contributed by atoms with Crippen LogP contribution in [-0.4, -0.2) is 24.4 Å². The van der Waals surface area contributed by atoms with Crippen LogP contribution in [0.4, 0.5) is 0 Å². The van der Waals surface area contributed by atoms with Crippen LogP contribution < -0.4 is 0 Å². The molecule has 0 aromatic heterocycles. The fourth-order valence-electron chi connectivity index (χ4n) is 2.06. The van der Waals surface area contributed by atoms with Crippen molar-refractivity contribution in [1.82, 2.24) is 0 Å². The van der Waals surface area contributed by atoms with Crippen molar-refractivity contribution in [3.63, 3.8) is 0 Å². The molecule has 12 heavy (non-hydrogen) atoms. The van der Waals surface area contributed by atoms with Gasteiger partial charge in [0.05, 0.1) is 19.3 Å². The Bertz CT molecular complexity index is 114. The summed E-state index contributed by atoms with van der Waals surface area (Å²) in [7, 11) is 0. The minimum absolute atomic E-state index is 0.160. The molecule has 1 aliphatic carbocycles. The molecular formula is C10H20O2. The Morgan fingerprint density at radius 3 is 2.75 bits per heavy atom. The van der Waals surface area contributed by atoms with Gasteiger partial charge < -0.3 is 9.84 Å². The van der Waals surface area contributed by atoms with Crippen LogP contribution in [0, 0.1) is 5.92 Å². The van der Waals surface area contributed by atoms with Gasteiger partial charge in [0, 0.05) is 0 Å². The number of rotatable bonds is 4. The number of hydrogen-bond donors (Lipinski definition) is 1. The molecule has 2 atom stereocenters. The quantitative estimate of drug-likeness (QED) is 0.702. The SMILES string of the molecule is CC[C@@H]1CCCC[C@@H]1OCCO. The summed E-state index contributed by atoms with van der Waals surface area (Å²) in [5.41, 5.74) is 0. The van der Waals surface area contributed by atoms with E-state index in [1.807, 2.05) is 0 Å². The van der Waals surface area contributed by atoms with E-state index >= 15 is 0 Å². The van der Waals surface area contributed by atoms with E-state index < -0.39 is 0 Å². The van der Waals surface area contributed by atoms with Crippen LogP contribution in [-0.2, 0) is 4.74 Å². The molecule has 0 radical (unpaired) electrons. The van der Waals surface area contributed by atoms with Crippen LogP contribution in [0.15, 0.2) is 0 Å². The van der Waals surface area contributed by atoms with E-state index in [0.29, 0.717) is 12.7 Å². The second-order valence-electron chi connectivity index (χ2n) is 3.59. The first-order chi connectivity index (χ1) is 5.88. The van der Waals surface area contributed by atoms with Crippen molar-refractivity contribution in [2.75, 3.05) is 13.2 Å². The summed E-state index contributed by atoms with van der Waals surface area (Å²) < 4.78 is 5.59. The molecule has 0 saturated heterocycles. The second-order valence-corrected chi connectivity index (χ2v) is 3.59. The number of aliphatic hydroxyl groups excluding tert-OH is 1. The molecule has 1 N–H and O–H groups in total. The molecule has 72 valence electrons. The van der Waals surface area contributed by atoms with Crippen molar-refractivity contribution in [2.45, 2.75) is 45.1 Å². The van der Waals surface area contributed by atoms with Gasteiger partial charge in [0.25, 0.3) is 0 Å². The predicted molar refractivity (Wildman–Crippen MR) is 49.1 cm³/mol. The predicted octanol–water partition coefficient (Wildman–Crippen LogP) is 1.96. The molecule has 0 aromatic rings. The van der Waals surface area contributed by atoms with Crippen molar-refractivity contribution in [3.8, 4) is 0 Å². The summed E-state index contributed by atoms with van der Waals surface area (Å²) in [6.45, 7) is 2.90. The van der Waals surface area contributed by atoms with Gasteiger partial charge in [-0.05, 0) is 18.8 Å². The summed E-state index contributed by atoms with van der Waals surface area (Å²) in [5.74, 6) is 0.741. The van der Waals surface area contributed by atoms with E-state index in [1.54, 1.807) is 0 Å². The molecule has 2 heteroatoms. The van der Waals surface area contributed by atoms with Crippen LogP contribution in [0.25, 0.3) is 0 Å². The second kappa shape index (κ2) is 5.55. The fraction of sp³-hybridized carbons (Fsp3) is 1.00. The Hall–Kier alpha value is -0.0800. The lowest BCUT2D eigenvalue weighted by molar-refractivity contribution is -0.0258. The normalized spacial score (nSPS) is 30.5. The molecule has 1 fully saturated rings. The maximum Gasteiger partial charge on any atom is 0.0701 e. The van der Waals surface area contributed by atoms with Crippen LogP contribution in [0.2, 0.25) is 0 Å². The maximum absolute atomic E-state index is 8.63.